The number of pyridine rings is 2. The topological polar surface area (TPSA) is 263 Å². The summed E-state index contributed by atoms with van der Waals surface area (Å²) in [6.45, 7) is 1.02. The van der Waals surface area contributed by atoms with Crippen molar-refractivity contribution in [3.05, 3.63) is 101 Å². The fourth-order valence-corrected chi connectivity index (χ4v) is 5.03. The van der Waals surface area contributed by atoms with E-state index in [1.807, 2.05) is 48.5 Å². The van der Waals surface area contributed by atoms with E-state index in [1.165, 1.54) is 6.20 Å². The van der Waals surface area contributed by atoms with E-state index < -0.39 is 11.8 Å². The first-order valence-electron chi connectivity index (χ1n) is 15.2. The van der Waals surface area contributed by atoms with Crippen LogP contribution >= 0.6 is 15.9 Å². The Balaban J connectivity index is 0.000000157. The van der Waals surface area contributed by atoms with E-state index in [9.17, 15) is 9.59 Å². The van der Waals surface area contributed by atoms with Gasteiger partial charge in [-0.3, -0.25) is 19.6 Å². The van der Waals surface area contributed by atoms with Gasteiger partial charge in [0.1, 0.15) is 10.4 Å². The second-order valence-corrected chi connectivity index (χ2v) is 11.6. The number of anilines is 1. The molecule has 0 saturated heterocycles. The van der Waals surface area contributed by atoms with Gasteiger partial charge in [0.25, 0.3) is 0 Å². The summed E-state index contributed by atoms with van der Waals surface area (Å²) >= 11 is 3.32. The van der Waals surface area contributed by atoms with Crippen LogP contribution in [0.3, 0.4) is 0 Å². The van der Waals surface area contributed by atoms with E-state index in [1.54, 1.807) is 28.0 Å². The van der Waals surface area contributed by atoms with E-state index in [4.69, 9.17) is 11.5 Å². The van der Waals surface area contributed by atoms with Gasteiger partial charge >= 0.3 is 0 Å². The highest BCUT2D eigenvalue weighted by Crippen LogP contribution is 2.18. The number of halogens is 1. The second kappa shape index (κ2) is 15.7. The first-order valence-corrected chi connectivity index (χ1v) is 16.0. The van der Waals surface area contributed by atoms with Crippen LogP contribution in [0.25, 0.3) is 44.4 Å². The van der Waals surface area contributed by atoms with Gasteiger partial charge in [0.05, 0.1) is 49.6 Å². The van der Waals surface area contributed by atoms with Crippen LogP contribution in [0.5, 0.6) is 0 Å². The fourth-order valence-electron chi connectivity index (χ4n) is 4.76. The molecule has 8 rings (SSSR count). The zero-order valence-electron chi connectivity index (χ0n) is 26.7. The van der Waals surface area contributed by atoms with Crippen LogP contribution in [-0.4, -0.2) is 84.8 Å². The molecule has 51 heavy (non-hydrogen) atoms. The number of fused-ring (bicyclic) bond motifs is 4. The van der Waals surface area contributed by atoms with Gasteiger partial charge in [-0.05, 0) is 63.5 Å². The third kappa shape index (κ3) is 8.71. The first-order chi connectivity index (χ1) is 24.7. The number of rotatable bonds is 8. The Morgan fingerprint density at radius 2 is 1.24 bits per heavy atom. The summed E-state index contributed by atoms with van der Waals surface area (Å²) in [6.07, 6.45) is 6.66. The molecule has 0 aliphatic rings. The summed E-state index contributed by atoms with van der Waals surface area (Å²) in [4.78, 5) is 46.1. The molecular formula is C32H29BrN16O2. The lowest BCUT2D eigenvalue weighted by Crippen LogP contribution is -2.22. The quantitative estimate of drug-likeness (QED) is 0.172. The molecule has 0 spiro atoms. The standard InChI is InChI=1S/C16H14N8O.C14H9BrN6.C2H6N2O/c17-13(25)7-19-14-8-20-15-16(21-14)24(23-22-15)9-10-3-4-12-11(6-10)2-1-5-18-12;15-12-7-17-13-14(18-12)21(20-19-13)8-9-3-4-11-10(6-9)2-1-5-16-11;3-1-2(4)5/h1-6,8H,7,9H2,(H2,17,25)(H,19,21);1-7H,8H2;1,3H2,(H2,4,5). The van der Waals surface area contributed by atoms with Crippen molar-refractivity contribution in [2.75, 3.05) is 18.4 Å². The molecule has 0 aliphatic carbocycles. The maximum Gasteiger partial charge on any atom is 0.236 e. The molecule has 0 radical (unpaired) electrons. The van der Waals surface area contributed by atoms with Crippen LogP contribution in [0.1, 0.15) is 11.1 Å². The predicted molar refractivity (Wildman–Crippen MR) is 192 cm³/mol. The molecule has 6 aromatic heterocycles. The Morgan fingerprint density at radius 3 is 1.76 bits per heavy atom. The lowest BCUT2D eigenvalue weighted by Gasteiger charge is -2.05. The Bertz CT molecular complexity index is 2480. The number of nitrogens with two attached hydrogens (primary N) is 3. The molecular weight excluding hydrogens is 720 g/mol. The molecule has 2 aromatic carbocycles. The van der Waals surface area contributed by atoms with E-state index in [0.29, 0.717) is 46.1 Å². The average molecular weight is 750 g/mol. The number of aromatic nitrogens is 12. The van der Waals surface area contributed by atoms with E-state index in [2.05, 4.69) is 89.6 Å². The van der Waals surface area contributed by atoms with Gasteiger partial charge in [0, 0.05) is 23.2 Å². The first kappa shape index (κ1) is 34.3. The van der Waals surface area contributed by atoms with Crippen molar-refractivity contribution < 1.29 is 9.59 Å². The summed E-state index contributed by atoms with van der Waals surface area (Å²) in [5.74, 6) is -0.499. The summed E-state index contributed by atoms with van der Waals surface area (Å²) in [6, 6.07) is 20.0. The third-order valence-electron chi connectivity index (χ3n) is 7.07. The normalized spacial score (nSPS) is 10.8. The number of nitrogens with zero attached hydrogens (tertiary/aromatic N) is 12. The number of carbonyl (C=O) groups is 2. The van der Waals surface area contributed by atoms with Crippen LogP contribution in [-0.2, 0) is 22.7 Å². The van der Waals surface area contributed by atoms with E-state index in [-0.39, 0.29) is 13.1 Å². The van der Waals surface area contributed by atoms with Crippen LogP contribution in [0, 0.1) is 0 Å². The van der Waals surface area contributed by atoms with Crippen molar-refractivity contribution in [1.82, 2.24) is 59.9 Å². The molecule has 0 atom stereocenters. The highest BCUT2D eigenvalue weighted by molar-refractivity contribution is 9.10. The maximum atomic E-state index is 10.9. The summed E-state index contributed by atoms with van der Waals surface area (Å²) in [5, 5.41) is 21.3. The third-order valence-corrected chi connectivity index (χ3v) is 7.45. The van der Waals surface area contributed by atoms with Gasteiger partial charge in [0.2, 0.25) is 23.1 Å². The number of benzene rings is 2. The number of nitrogens with one attached hydrogen (secondary N) is 1. The van der Waals surface area contributed by atoms with Gasteiger partial charge in [-0.2, -0.15) is 0 Å². The zero-order chi connectivity index (χ0) is 35.7. The molecule has 0 fully saturated rings. The Morgan fingerprint density at radius 1 is 0.706 bits per heavy atom. The lowest BCUT2D eigenvalue weighted by atomic mass is 10.1. The molecule has 19 heteroatoms. The molecule has 18 nitrogen and oxygen atoms in total. The fraction of sp³-hybridized carbons (Fsp3) is 0.125. The van der Waals surface area contributed by atoms with Gasteiger partial charge in [-0.1, -0.05) is 34.7 Å². The summed E-state index contributed by atoms with van der Waals surface area (Å²) < 4.78 is 4.07. The second-order valence-electron chi connectivity index (χ2n) is 10.8. The van der Waals surface area contributed by atoms with Gasteiger partial charge in [0.15, 0.2) is 11.3 Å². The summed E-state index contributed by atoms with van der Waals surface area (Å²) in [7, 11) is 0. The molecule has 256 valence electrons. The predicted octanol–water partition coefficient (Wildman–Crippen LogP) is 1.73. The average Bonchev–Trinajstić information content (AvgIpc) is 3.73. The van der Waals surface area contributed by atoms with Crippen LogP contribution < -0.4 is 22.5 Å². The van der Waals surface area contributed by atoms with Gasteiger partial charge in [-0.15, -0.1) is 10.2 Å². The van der Waals surface area contributed by atoms with Crippen molar-refractivity contribution in [2.45, 2.75) is 13.1 Å². The number of amides is 2. The molecule has 0 saturated carbocycles. The molecule has 0 bridgehead atoms. The van der Waals surface area contributed by atoms with Crippen molar-refractivity contribution in [3.8, 4) is 0 Å². The minimum Gasteiger partial charge on any atom is -0.369 e. The minimum absolute atomic E-state index is 0.0145. The van der Waals surface area contributed by atoms with Gasteiger partial charge in [-0.25, -0.2) is 29.3 Å². The van der Waals surface area contributed by atoms with Crippen LogP contribution in [0.4, 0.5) is 5.82 Å². The Hall–Kier alpha value is -6.60. The highest BCUT2D eigenvalue weighted by atomic mass is 79.9. The smallest absolute Gasteiger partial charge is 0.236 e. The van der Waals surface area contributed by atoms with Crippen LogP contribution in [0.15, 0.2) is 90.1 Å². The van der Waals surface area contributed by atoms with Crippen molar-refractivity contribution in [3.63, 3.8) is 0 Å². The number of carbonyl (C=O) groups excluding carboxylic acids is 2. The molecule has 0 aliphatic heterocycles. The van der Waals surface area contributed by atoms with E-state index in [0.717, 1.165) is 32.9 Å². The molecule has 6 heterocycles. The SMILES string of the molecule is Brc1cnc2nnn(Cc3ccc4ncccc4c3)c2n1.NC(=O)CNc1cnc2nnn(Cc3ccc4ncccc4c3)c2n1.NCC(N)=O. The number of hydrogen-bond donors (Lipinski definition) is 4. The largest absolute Gasteiger partial charge is 0.369 e. The molecule has 8 aromatic rings. The van der Waals surface area contributed by atoms with Gasteiger partial charge < -0.3 is 22.5 Å². The Kier molecular flexibility index (Phi) is 10.6. The zero-order valence-corrected chi connectivity index (χ0v) is 28.3. The Labute approximate surface area is 296 Å². The molecule has 7 N–H and O–H groups in total. The van der Waals surface area contributed by atoms with E-state index >= 15 is 0 Å². The van der Waals surface area contributed by atoms with Crippen LogP contribution in [0.2, 0.25) is 0 Å². The molecule has 0 unspecified atom stereocenters. The summed E-state index contributed by atoms with van der Waals surface area (Å²) in [5.41, 5.74) is 20.6. The van der Waals surface area contributed by atoms with Crippen molar-refractivity contribution >= 4 is 78.0 Å². The maximum absolute atomic E-state index is 10.9. The number of hydrogen-bond acceptors (Lipinski definition) is 14. The van der Waals surface area contributed by atoms with Crippen molar-refractivity contribution in [2.24, 2.45) is 17.2 Å². The molecule has 2 amide bonds. The monoisotopic (exact) mass is 748 g/mol. The van der Waals surface area contributed by atoms with Crippen molar-refractivity contribution in [1.29, 1.82) is 0 Å². The lowest BCUT2D eigenvalue weighted by molar-refractivity contribution is -0.117. The highest BCUT2D eigenvalue weighted by Gasteiger charge is 2.11. The number of primary amides is 2. The minimum atomic E-state index is -0.474.